The average molecular weight is 277 g/mol. The predicted molar refractivity (Wildman–Crippen MR) is 82.8 cm³/mol. The van der Waals surface area contributed by atoms with Crippen LogP contribution in [-0.4, -0.2) is 36.7 Å². The molecule has 1 rings (SSSR count). The average Bonchev–Trinajstić information content (AvgIpc) is 2.34. The fourth-order valence-corrected chi connectivity index (χ4v) is 1.65. The quantitative estimate of drug-likeness (QED) is 0.786. The van der Waals surface area contributed by atoms with E-state index in [9.17, 15) is 9.90 Å². The smallest absolute Gasteiger partial charge is 0.309 e. The molecule has 110 valence electrons. The third-order valence-corrected chi connectivity index (χ3v) is 3.84. The van der Waals surface area contributed by atoms with E-state index in [-0.39, 0.29) is 5.91 Å². The molecule has 2 N–H and O–H groups in total. The van der Waals surface area contributed by atoms with Crippen LogP contribution >= 0.6 is 0 Å². The molecule has 1 amide bonds. The van der Waals surface area contributed by atoms with Gasteiger partial charge in [0.2, 0.25) is 0 Å². The number of carbonyl (C=O) groups excluding carboxylic acids is 1. The number of aliphatic hydroxyl groups is 1. The number of nitrogens with one attached hydrogen (secondary N) is 1. The maximum atomic E-state index is 11.6. The summed E-state index contributed by atoms with van der Waals surface area (Å²) in [6.07, 6.45) is 0. The standard InChI is InChI=1S/C15H24BNO3/c1-10-9-11(7-8-12(10)13(18)17-6)16-20-15(4,5)14(2,3)19/h7-9,16,19H,1-6H3,(H,17,18). The molecular formula is C15H24BNO3. The number of benzene rings is 1. The molecule has 1 aromatic rings. The normalized spacial score (nSPS) is 12.2. The molecule has 0 atom stereocenters. The van der Waals surface area contributed by atoms with Gasteiger partial charge in [0.15, 0.2) is 0 Å². The van der Waals surface area contributed by atoms with Crippen molar-refractivity contribution in [3.63, 3.8) is 0 Å². The van der Waals surface area contributed by atoms with E-state index in [1.54, 1.807) is 27.0 Å². The Balaban J connectivity index is 2.81. The molecule has 0 aromatic heterocycles. The summed E-state index contributed by atoms with van der Waals surface area (Å²) in [5.41, 5.74) is 0.974. The lowest BCUT2D eigenvalue weighted by molar-refractivity contribution is -0.0893. The topological polar surface area (TPSA) is 58.6 Å². The summed E-state index contributed by atoms with van der Waals surface area (Å²) in [6, 6.07) is 5.60. The van der Waals surface area contributed by atoms with Crippen LogP contribution in [0.5, 0.6) is 0 Å². The van der Waals surface area contributed by atoms with E-state index in [2.05, 4.69) is 5.32 Å². The maximum Gasteiger partial charge on any atom is 0.309 e. The summed E-state index contributed by atoms with van der Waals surface area (Å²) in [5, 5.41) is 12.7. The zero-order chi connectivity index (χ0) is 15.6. The summed E-state index contributed by atoms with van der Waals surface area (Å²) in [5.74, 6) is -0.0909. The Kier molecular flexibility index (Phi) is 5.00. The van der Waals surface area contributed by atoms with E-state index < -0.39 is 11.2 Å². The lowest BCUT2D eigenvalue weighted by Gasteiger charge is -2.37. The van der Waals surface area contributed by atoms with Crippen molar-refractivity contribution < 1.29 is 14.6 Å². The minimum atomic E-state index is -0.927. The summed E-state index contributed by atoms with van der Waals surface area (Å²) in [6.45, 7) is 9.08. The molecule has 0 spiro atoms. The van der Waals surface area contributed by atoms with Gasteiger partial charge in [-0.2, -0.15) is 0 Å². The Bertz CT molecular complexity index is 492. The first-order valence-electron chi connectivity index (χ1n) is 6.76. The lowest BCUT2D eigenvalue weighted by Crippen LogP contribution is -2.49. The second kappa shape index (κ2) is 5.98. The van der Waals surface area contributed by atoms with Crippen LogP contribution in [0.4, 0.5) is 0 Å². The zero-order valence-corrected chi connectivity index (χ0v) is 13.2. The summed E-state index contributed by atoms with van der Waals surface area (Å²) < 4.78 is 5.81. The predicted octanol–water partition coefficient (Wildman–Crippen LogP) is 0.898. The van der Waals surface area contributed by atoms with Crippen molar-refractivity contribution in [3.05, 3.63) is 29.3 Å². The van der Waals surface area contributed by atoms with Gasteiger partial charge in [0, 0.05) is 12.6 Å². The fraction of sp³-hybridized carbons (Fsp3) is 0.533. The Morgan fingerprint density at radius 1 is 1.30 bits per heavy atom. The molecule has 0 unspecified atom stereocenters. The van der Waals surface area contributed by atoms with Crippen molar-refractivity contribution in [3.8, 4) is 0 Å². The molecular weight excluding hydrogens is 253 g/mol. The van der Waals surface area contributed by atoms with E-state index in [0.29, 0.717) is 13.0 Å². The fourth-order valence-electron chi connectivity index (χ4n) is 1.65. The van der Waals surface area contributed by atoms with Crippen molar-refractivity contribution >= 4 is 18.9 Å². The van der Waals surface area contributed by atoms with Gasteiger partial charge in [0.05, 0.1) is 11.2 Å². The van der Waals surface area contributed by atoms with Gasteiger partial charge >= 0.3 is 7.48 Å². The Labute approximate surface area is 121 Å². The van der Waals surface area contributed by atoms with Crippen molar-refractivity contribution in [2.24, 2.45) is 0 Å². The van der Waals surface area contributed by atoms with Crippen LogP contribution in [0.25, 0.3) is 0 Å². The SMILES string of the molecule is CNC(=O)c1ccc(BOC(C)(C)C(C)(C)O)cc1C. The third kappa shape index (κ3) is 3.84. The molecule has 0 bridgehead atoms. The summed E-state index contributed by atoms with van der Waals surface area (Å²) in [7, 11) is 2.01. The van der Waals surface area contributed by atoms with Gasteiger partial charge in [0.25, 0.3) is 5.91 Å². The highest BCUT2D eigenvalue weighted by molar-refractivity contribution is 6.47. The van der Waals surface area contributed by atoms with Crippen molar-refractivity contribution in [2.45, 2.75) is 45.8 Å². The number of carbonyl (C=O) groups is 1. The van der Waals surface area contributed by atoms with Gasteiger partial charge in [-0.25, -0.2) is 0 Å². The van der Waals surface area contributed by atoms with Crippen LogP contribution in [0.3, 0.4) is 0 Å². The zero-order valence-electron chi connectivity index (χ0n) is 13.2. The van der Waals surface area contributed by atoms with Crippen LogP contribution in [0.15, 0.2) is 18.2 Å². The first kappa shape index (κ1) is 16.7. The molecule has 1 aromatic carbocycles. The minimum absolute atomic E-state index is 0.0909. The van der Waals surface area contributed by atoms with Gasteiger partial charge < -0.3 is 15.1 Å². The Morgan fingerprint density at radius 2 is 1.90 bits per heavy atom. The lowest BCUT2D eigenvalue weighted by atomic mass is 9.81. The van der Waals surface area contributed by atoms with Gasteiger partial charge in [-0.3, -0.25) is 4.79 Å². The number of hydrogen-bond acceptors (Lipinski definition) is 3. The van der Waals surface area contributed by atoms with Crippen LogP contribution in [-0.2, 0) is 4.65 Å². The molecule has 0 aliphatic rings. The van der Waals surface area contributed by atoms with E-state index in [1.807, 2.05) is 32.9 Å². The molecule has 4 nitrogen and oxygen atoms in total. The monoisotopic (exact) mass is 277 g/mol. The highest BCUT2D eigenvalue weighted by Crippen LogP contribution is 2.24. The molecule has 0 radical (unpaired) electrons. The van der Waals surface area contributed by atoms with E-state index >= 15 is 0 Å². The van der Waals surface area contributed by atoms with E-state index in [0.717, 1.165) is 11.0 Å². The van der Waals surface area contributed by atoms with E-state index in [1.165, 1.54) is 0 Å². The van der Waals surface area contributed by atoms with Gasteiger partial charge in [-0.15, -0.1) is 0 Å². The van der Waals surface area contributed by atoms with Gasteiger partial charge in [0.1, 0.15) is 0 Å². The Hall–Kier alpha value is -1.33. The van der Waals surface area contributed by atoms with Crippen LogP contribution in [0.2, 0.25) is 0 Å². The van der Waals surface area contributed by atoms with Crippen molar-refractivity contribution in [1.29, 1.82) is 0 Å². The second-order valence-corrected chi connectivity index (χ2v) is 6.09. The first-order chi connectivity index (χ1) is 9.08. The van der Waals surface area contributed by atoms with Crippen molar-refractivity contribution in [1.82, 2.24) is 5.32 Å². The largest absolute Gasteiger partial charge is 0.427 e. The molecule has 5 heteroatoms. The van der Waals surface area contributed by atoms with Crippen LogP contribution < -0.4 is 10.8 Å². The highest BCUT2D eigenvalue weighted by atomic mass is 16.5. The van der Waals surface area contributed by atoms with Crippen molar-refractivity contribution in [2.75, 3.05) is 7.05 Å². The van der Waals surface area contributed by atoms with E-state index in [4.69, 9.17) is 4.65 Å². The number of amides is 1. The third-order valence-electron chi connectivity index (χ3n) is 3.84. The van der Waals surface area contributed by atoms with Crippen LogP contribution in [0, 0.1) is 6.92 Å². The maximum absolute atomic E-state index is 11.6. The highest BCUT2D eigenvalue weighted by Gasteiger charge is 2.35. The molecule has 0 aliphatic carbocycles. The number of rotatable bonds is 5. The molecule has 0 aliphatic heterocycles. The number of hydrogen-bond donors (Lipinski definition) is 2. The second-order valence-electron chi connectivity index (χ2n) is 6.09. The first-order valence-corrected chi connectivity index (χ1v) is 6.76. The molecule has 20 heavy (non-hydrogen) atoms. The minimum Gasteiger partial charge on any atom is -0.427 e. The van der Waals surface area contributed by atoms with Gasteiger partial charge in [-0.05, 0) is 46.2 Å². The molecule has 0 heterocycles. The molecule has 0 saturated heterocycles. The van der Waals surface area contributed by atoms with Crippen LogP contribution in [0.1, 0.15) is 43.6 Å². The van der Waals surface area contributed by atoms with Gasteiger partial charge in [-0.1, -0.05) is 17.6 Å². The number of aryl methyl sites for hydroxylation is 1. The summed E-state index contributed by atoms with van der Waals surface area (Å²) in [4.78, 5) is 11.6. The summed E-state index contributed by atoms with van der Waals surface area (Å²) >= 11 is 0. The Morgan fingerprint density at radius 3 is 2.35 bits per heavy atom. The molecule has 0 fully saturated rings. The molecule has 0 saturated carbocycles.